The average Bonchev–Trinajstić information content (AvgIpc) is 2.98. The molecule has 0 radical (unpaired) electrons. The Morgan fingerprint density at radius 2 is 2.39 bits per heavy atom. The molecule has 2 amide bonds. The number of hydrogen-bond donors (Lipinski definition) is 2. The molecule has 1 aromatic rings. The lowest BCUT2D eigenvalue weighted by Gasteiger charge is -2.03. The first-order valence-electron chi connectivity index (χ1n) is 5.35. The summed E-state index contributed by atoms with van der Waals surface area (Å²) in [6.07, 6.45) is 0. The van der Waals surface area contributed by atoms with Crippen LogP contribution in [0.1, 0.15) is 18.7 Å². The van der Waals surface area contributed by atoms with Gasteiger partial charge in [0.25, 0.3) is 5.91 Å². The van der Waals surface area contributed by atoms with Gasteiger partial charge in [-0.05, 0) is 25.3 Å². The molecule has 18 heavy (non-hydrogen) atoms. The number of hydrazone groups is 2. The number of hydrogen-bond acceptors (Lipinski definition) is 5. The summed E-state index contributed by atoms with van der Waals surface area (Å²) >= 11 is 1.54. The van der Waals surface area contributed by atoms with Crippen LogP contribution in [0.25, 0.3) is 0 Å². The highest BCUT2D eigenvalue weighted by atomic mass is 32.1. The summed E-state index contributed by atoms with van der Waals surface area (Å²) in [5.74, 6) is -1.28. The van der Waals surface area contributed by atoms with Crippen molar-refractivity contribution in [3.8, 4) is 0 Å². The van der Waals surface area contributed by atoms with E-state index in [2.05, 4.69) is 21.1 Å². The first kappa shape index (κ1) is 12.4. The molecule has 0 bridgehead atoms. The Kier molecular flexibility index (Phi) is 3.52. The van der Waals surface area contributed by atoms with Crippen LogP contribution in [-0.2, 0) is 9.59 Å². The standard InChI is InChI=1S/C11H12N4O2S/c1-6-9(13-14-10(6)16)11(17)15-12-7(2)8-4-3-5-18-8/h3-6H,1-2H3,(H,14,16)(H,15,17)/b12-7-/t6-/m0/s1. The third kappa shape index (κ3) is 2.45. The van der Waals surface area contributed by atoms with E-state index >= 15 is 0 Å². The van der Waals surface area contributed by atoms with Crippen LogP contribution < -0.4 is 10.9 Å². The number of carbonyl (C=O) groups excluding carboxylic acids is 2. The molecule has 2 rings (SSSR count). The number of carbonyl (C=O) groups is 2. The molecule has 0 unspecified atom stereocenters. The minimum Gasteiger partial charge on any atom is -0.272 e. The van der Waals surface area contributed by atoms with Gasteiger partial charge in [-0.2, -0.15) is 10.2 Å². The molecule has 2 heterocycles. The van der Waals surface area contributed by atoms with Gasteiger partial charge >= 0.3 is 0 Å². The van der Waals surface area contributed by atoms with E-state index in [1.807, 2.05) is 17.5 Å². The van der Waals surface area contributed by atoms with Gasteiger partial charge in [-0.15, -0.1) is 11.3 Å². The average molecular weight is 264 g/mol. The molecule has 2 N–H and O–H groups in total. The molecule has 0 fully saturated rings. The summed E-state index contributed by atoms with van der Waals surface area (Å²) in [6, 6.07) is 3.82. The minimum absolute atomic E-state index is 0.155. The van der Waals surface area contributed by atoms with E-state index in [1.54, 1.807) is 13.8 Å². The monoisotopic (exact) mass is 264 g/mol. The predicted molar refractivity (Wildman–Crippen MR) is 69.4 cm³/mol. The van der Waals surface area contributed by atoms with Crippen molar-refractivity contribution in [2.75, 3.05) is 0 Å². The lowest BCUT2D eigenvalue weighted by atomic mass is 10.1. The third-order valence-electron chi connectivity index (χ3n) is 2.53. The highest BCUT2D eigenvalue weighted by molar-refractivity contribution is 7.12. The van der Waals surface area contributed by atoms with E-state index in [0.717, 1.165) is 4.88 Å². The Morgan fingerprint density at radius 3 is 2.94 bits per heavy atom. The normalized spacial score (nSPS) is 19.4. The lowest BCUT2D eigenvalue weighted by Crippen LogP contribution is -2.32. The summed E-state index contributed by atoms with van der Waals surface area (Å²) in [5.41, 5.74) is 5.52. The van der Waals surface area contributed by atoms with Crippen molar-refractivity contribution in [1.29, 1.82) is 0 Å². The van der Waals surface area contributed by atoms with Crippen molar-refractivity contribution in [3.63, 3.8) is 0 Å². The first-order valence-corrected chi connectivity index (χ1v) is 6.23. The second-order valence-corrected chi connectivity index (χ2v) is 4.76. The summed E-state index contributed by atoms with van der Waals surface area (Å²) in [6.45, 7) is 3.42. The van der Waals surface area contributed by atoms with Crippen LogP contribution in [0.15, 0.2) is 27.7 Å². The van der Waals surface area contributed by atoms with Crippen molar-refractivity contribution in [1.82, 2.24) is 10.9 Å². The SMILES string of the molecule is C/C(=N/NC(=O)C1=NNC(=O)[C@H]1C)c1cccs1. The zero-order valence-electron chi connectivity index (χ0n) is 9.93. The third-order valence-corrected chi connectivity index (χ3v) is 3.50. The molecule has 0 saturated heterocycles. The fourth-order valence-corrected chi connectivity index (χ4v) is 2.09. The quantitative estimate of drug-likeness (QED) is 0.622. The molecule has 6 nitrogen and oxygen atoms in total. The van der Waals surface area contributed by atoms with Crippen LogP contribution >= 0.6 is 11.3 Å². The van der Waals surface area contributed by atoms with Crippen LogP contribution in [0, 0.1) is 5.92 Å². The fraction of sp³-hybridized carbons (Fsp3) is 0.273. The Bertz CT molecular complexity index is 533. The van der Waals surface area contributed by atoms with E-state index in [0.29, 0.717) is 5.71 Å². The van der Waals surface area contributed by atoms with Crippen molar-refractivity contribution >= 4 is 34.6 Å². The molecule has 94 valence electrons. The van der Waals surface area contributed by atoms with Crippen LogP contribution in [0.2, 0.25) is 0 Å². The summed E-state index contributed by atoms with van der Waals surface area (Å²) in [5, 5.41) is 9.59. The number of nitrogens with one attached hydrogen (secondary N) is 2. The molecular weight excluding hydrogens is 252 g/mol. The van der Waals surface area contributed by atoms with Gasteiger partial charge in [0.05, 0.1) is 11.6 Å². The zero-order valence-corrected chi connectivity index (χ0v) is 10.7. The Morgan fingerprint density at radius 1 is 1.61 bits per heavy atom. The molecule has 1 aromatic heterocycles. The predicted octanol–water partition coefficient (Wildman–Crippen LogP) is 0.710. The van der Waals surface area contributed by atoms with E-state index < -0.39 is 11.8 Å². The van der Waals surface area contributed by atoms with Crippen molar-refractivity contribution < 1.29 is 9.59 Å². The molecule has 0 saturated carbocycles. The van der Waals surface area contributed by atoms with Crippen LogP contribution in [-0.4, -0.2) is 23.2 Å². The van der Waals surface area contributed by atoms with E-state index in [9.17, 15) is 9.59 Å². The van der Waals surface area contributed by atoms with Crippen LogP contribution in [0.4, 0.5) is 0 Å². The minimum atomic E-state index is -0.540. The van der Waals surface area contributed by atoms with E-state index in [4.69, 9.17) is 0 Å². The summed E-state index contributed by atoms with van der Waals surface area (Å²) < 4.78 is 0. The van der Waals surface area contributed by atoms with E-state index in [-0.39, 0.29) is 11.6 Å². The Balaban J connectivity index is 2.01. The van der Waals surface area contributed by atoms with Gasteiger partial charge in [0, 0.05) is 4.88 Å². The largest absolute Gasteiger partial charge is 0.288 e. The van der Waals surface area contributed by atoms with Crippen molar-refractivity contribution in [2.45, 2.75) is 13.8 Å². The second-order valence-electron chi connectivity index (χ2n) is 3.81. The molecule has 1 aliphatic rings. The van der Waals surface area contributed by atoms with Crippen LogP contribution in [0.5, 0.6) is 0 Å². The number of amides is 2. The molecular formula is C11H12N4O2S. The highest BCUT2D eigenvalue weighted by Crippen LogP contribution is 2.09. The van der Waals surface area contributed by atoms with Gasteiger partial charge in [0.1, 0.15) is 5.71 Å². The summed E-state index contributed by atoms with van der Waals surface area (Å²) in [4.78, 5) is 23.9. The van der Waals surface area contributed by atoms with Crippen LogP contribution in [0.3, 0.4) is 0 Å². The number of rotatable bonds is 3. The summed E-state index contributed by atoms with van der Waals surface area (Å²) in [7, 11) is 0. The Hall–Kier alpha value is -2.02. The number of thiophene rings is 1. The molecule has 1 aliphatic heterocycles. The number of nitrogens with zero attached hydrogens (tertiary/aromatic N) is 2. The molecule has 0 spiro atoms. The maximum absolute atomic E-state index is 11.7. The molecule has 0 aromatic carbocycles. The Labute approximate surface area is 108 Å². The van der Waals surface area contributed by atoms with Gasteiger partial charge in [-0.3, -0.25) is 9.59 Å². The van der Waals surface area contributed by atoms with E-state index in [1.165, 1.54) is 11.3 Å². The first-order chi connectivity index (χ1) is 8.59. The molecule has 0 aliphatic carbocycles. The smallest absolute Gasteiger partial charge is 0.272 e. The van der Waals surface area contributed by atoms with Crippen molar-refractivity contribution in [2.24, 2.45) is 16.1 Å². The van der Waals surface area contributed by atoms with Gasteiger partial charge in [-0.1, -0.05) is 6.07 Å². The fourth-order valence-electron chi connectivity index (χ4n) is 1.41. The lowest BCUT2D eigenvalue weighted by molar-refractivity contribution is -0.122. The zero-order chi connectivity index (χ0) is 13.1. The second kappa shape index (κ2) is 5.09. The maximum atomic E-state index is 11.7. The molecule has 1 atom stereocenters. The topological polar surface area (TPSA) is 82.9 Å². The van der Waals surface area contributed by atoms with Gasteiger partial charge in [-0.25, -0.2) is 10.9 Å². The van der Waals surface area contributed by atoms with Gasteiger partial charge in [0.15, 0.2) is 0 Å². The highest BCUT2D eigenvalue weighted by Gasteiger charge is 2.30. The molecule has 7 heteroatoms. The van der Waals surface area contributed by atoms with Gasteiger partial charge in [0.2, 0.25) is 5.91 Å². The van der Waals surface area contributed by atoms with Crippen molar-refractivity contribution in [3.05, 3.63) is 22.4 Å². The van der Waals surface area contributed by atoms with Gasteiger partial charge < -0.3 is 0 Å². The maximum Gasteiger partial charge on any atom is 0.288 e.